The van der Waals surface area contributed by atoms with Gasteiger partial charge in [-0.1, -0.05) is 32.0 Å². The molecular formula is C27H40F3N3O3. The van der Waals surface area contributed by atoms with Crippen LogP contribution in [0.2, 0.25) is 0 Å². The summed E-state index contributed by atoms with van der Waals surface area (Å²) < 4.78 is 44.9. The van der Waals surface area contributed by atoms with Crippen LogP contribution in [-0.2, 0) is 22.3 Å². The van der Waals surface area contributed by atoms with Crippen molar-refractivity contribution in [2.75, 3.05) is 20.1 Å². The first-order valence-corrected chi connectivity index (χ1v) is 12.8. The van der Waals surface area contributed by atoms with Crippen molar-refractivity contribution < 1.29 is 27.5 Å². The quantitative estimate of drug-likeness (QED) is 0.539. The van der Waals surface area contributed by atoms with Gasteiger partial charge in [0.05, 0.1) is 5.56 Å². The zero-order valence-electron chi connectivity index (χ0n) is 22.2. The largest absolute Gasteiger partial charge is 0.436 e. The third kappa shape index (κ3) is 7.14. The van der Waals surface area contributed by atoms with Crippen LogP contribution in [0.25, 0.3) is 0 Å². The second kappa shape index (κ2) is 11.0. The first-order valence-electron chi connectivity index (χ1n) is 12.8. The molecule has 1 aliphatic heterocycles. The highest BCUT2D eigenvalue weighted by Crippen LogP contribution is 2.39. The van der Waals surface area contributed by atoms with E-state index in [0.29, 0.717) is 31.0 Å². The van der Waals surface area contributed by atoms with E-state index in [4.69, 9.17) is 4.74 Å². The van der Waals surface area contributed by atoms with Crippen LogP contribution in [0.3, 0.4) is 0 Å². The number of amides is 2. The van der Waals surface area contributed by atoms with E-state index >= 15 is 0 Å². The predicted molar refractivity (Wildman–Crippen MR) is 132 cm³/mol. The lowest BCUT2D eigenvalue weighted by Gasteiger charge is -2.33. The Morgan fingerprint density at radius 3 is 2.47 bits per heavy atom. The van der Waals surface area contributed by atoms with E-state index in [1.54, 1.807) is 13.1 Å². The Balaban J connectivity index is 1.61. The number of fused-ring (bicyclic) bond motifs is 1. The fraction of sp³-hybridized carbons (Fsp3) is 0.704. The van der Waals surface area contributed by atoms with Crippen LogP contribution in [0.5, 0.6) is 0 Å². The maximum Gasteiger partial charge on any atom is 0.416 e. The van der Waals surface area contributed by atoms with Crippen LogP contribution in [-0.4, -0.2) is 59.6 Å². The van der Waals surface area contributed by atoms with Crippen LogP contribution in [0.1, 0.15) is 65.0 Å². The van der Waals surface area contributed by atoms with Gasteiger partial charge in [-0.15, -0.1) is 0 Å². The minimum Gasteiger partial charge on any atom is -0.436 e. The van der Waals surface area contributed by atoms with Gasteiger partial charge in [0, 0.05) is 38.3 Å². The molecular weight excluding hydrogens is 471 g/mol. The number of rotatable bonds is 7. The van der Waals surface area contributed by atoms with Gasteiger partial charge in [0.2, 0.25) is 0 Å². The molecule has 1 heterocycles. The Kier molecular flexibility index (Phi) is 8.63. The summed E-state index contributed by atoms with van der Waals surface area (Å²) in [7, 11) is 1.66. The van der Waals surface area contributed by atoms with Crippen LogP contribution in [0.15, 0.2) is 24.3 Å². The van der Waals surface area contributed by atoms with Gasteiger partial charge >= 0.3 is 12.3 Å². The van der Waals surface area contributed by atoms with Crippen LogP contribution >= 0.6 is 0 Å². The fourth-order valence-corrected chi connectivity index (χ4v) is 5.16. The molecule has 1 saturated carbocycles. The zero-order valence-corrected chi connectivity index (χ0v) is 22.2. The highest BCUT2D eigenvalue weighted by atomic mass is 19.4. The molecule has 0 spiro atoms. The van der Waals surface area contributed by atoms with E-state index in [1.807, 2.05) is 34.6 Å². The molecule has 0 aromatic heterocycles. The summed E-state index contributed by atoms with van der Waals surface area (Å²) in [6.45, 7) is 11.6. The number of alkyl halides is 3. The summed E-state index contributed by atoms with van der Waals surface area (Å²) in [6, 6.07) is 5.44. The van der Waals surface area contributed by atoms with E-state index in [1.165, 1.54) is 17.0 Å². The maximum atomic E-state index is 13.2. The first kappa shape index (κ1) is 28.3. The molecule has 3 rings (SSSR count). The summed E-state index contributed by atoms with van der Waals surface area (Å²) in [6.07, 6.45) is -3.52. The average Bonchev–Trinajstić information content (AvgIpc) is 3.32. The number of hydrogen-bond acceptors (Lipinski definition) is 4. The van der Waals surface area contributed by atoms with Crippen molar-refractivity contribution in [3.05, 3.63) is 35.4 Å². The van der Waals surface area contributed by atoms with E-state index in [-0.39, 0.29) is 23.8 Å². The Morgan fingerprint density at radius 2 is 1.86 bits per heavy atom. The summed E-state index contributed by atoms with van der Waals surface area (Å²) in [5.74, 6) is 0.507. The second-order valence-electron chi connectivity index (χ2n) is 11.7. The van der Waals surface area contributed by atoms with Crippen molar-refractivity contribution in [1.29, 1.82) is 0 Å². The standard InChI is InChI=1S/C27H40F3N3O3/c1-17(2)12-23(36-25(35)32(6)26(3,4)5)24(34)31-22-11-10-19-15-33(16-21(19)22)14-18-8-7-9-20(13-18)27(28,29)30/h7-9,13,17,19,21-23H,10-12,14-16H2,1-6H3,(H,31,34)/t19-,21+,22+,23+/m1/s1. The van der Waals surface area contributed by atoms with Crippen LogP contribution in [0, 0.1) is 17.8 Å². The summed E-state index contributed by atoms with van der Waals surface area (Å²) >= 11 is 0. The number of nitrogens with zero attached hydrogens (tertiary/aromatic N) is 2. The van der Waals surface area contributed by atoms with E-state index in [2.05, 4.69) is 10.2 Å². The van der Waals surface area contributed by atoms with E-state index in [9.17, 15) is 22.8 Å². The van der Waals surface area contributed by atoms with Gasteiger partial charge in [0.15, 0.2) is 6.10 Å². The number of nitrogens with one attached hydrogen (secondary N) is 1. The van der Waals surface area contributed by atoms with Gasteiger partial charge in [-0.25, -0.2) is 4.79 Å². The number of hydrogen-bond donors (Lipinski definition) is 1. The minimum absolute atomic E-state index is 0.0391. The summed E-state index contributed by atoms with van der Waals surface area (Å²) in [4.78, 5) is 29.5. The lowest BCUT2D eigenvalue weighted by atomic mass is 9.97. The van der Waals surface area contributed by atoms with Crippen molar-refractivity contribution in [3.63, 3.8) is 0 Å². The molecule has 1 aromatic carbocycles. The average molecular weight is 512 g/mol. The number of likely N-dealkylation sites (tertiary alicyclic amines) is 1. The zero-order chi connectivity index (χ0) is 26.8. The fourth-order valence-electron chi connectivity index (χ4n) is 5.16. The molecule has 1 saturated heterocycles. The highest BCUT2D eigenvalue weighted by Gasteiger charge is 2.44. The van der Waals surface area contributed by atoms with Gasteiger partial charge in [-0.2, -0.15) is 13.2 Å². The lowest BCUT2D eigenvalue weighted by Crippen LogP contribution is -2.49. The third-order valence-electron chi connectivity index (χ3n) is 7.42. The SMILES string of the molecule is CC(C)C[C@H](OC(=O)N(C)C(C)(C)C)C(=O)N[C@H]1CC[C@@H]2CN(Cc3cccc(C(F)(F)F)c3)C[C@@H]21. The van der Waals surface area contributed by atoms with Crippen molar-refractivity contribution in [1.82, 2.24) is 15.1 Å². The molecule has 202 valence electrons. The Morgan fingerprint density at radius 1 is 1.17 bits per heavy atom. The van der Waals surface area contributed by atoms with Crippen molar-refractivity contribution >= 4 is 12.0 Å². The summed E-state index contributed by atoms with van der Waals surface area (Å²) in [5, 5.41) is 3.14. The molecule has 0 radical (unpaired) electrons. The molecule has 2 fully saturated rings. The Labute approximate surface area is 212 Å². The molecule has 1 aromatic rings. The number of benzene rings is 1. The molecule has 6 nitrogen and oxygen atoms in total. The van der Waals surface area contributed by atoms with E-state index in [0.717, 1.165) is 25.5 Å². The smallest absolute Gasteiger partial charge is 0.416 e. The Bertz CT molecular complexity index is 929. The predicted octanol–water partition coefficient (Wildman–Crippen LogP) is 5.31. The summed E-state index contributed by atoms with van der Waals surface area (Å²) in [5.41, 5.74) is -0.425. The van der Waals surface area contributed by atoms with Gasteiger partial charge in [-0.3, -0.25) is 9.69 Å². The number of carbonyl (C=O) groups excluding carboxylic acids is 2. The molecule has 2 aliphatic rings. The molecule has 9 heteroatoms. The normalized spacial score (nSPS) is 23.4. The first-order chi connectivity index (χ1) is 16.6. The highest BCUT2D eigenvalue weighted by molar-refractivity contribution is 5.83. The topological polar surface area (TPSA) is 61.9 Å². The van der Waals surface area contributed by atoms with Crippen LogP contribution in [0.4, 0.5) is 18.0 Å². The third-order valence-corrected chi connectivity index (χ3v) is 7.42. The van der Waals surface area contributed by atoms with Gasteiger partial charge in [-0.05, 0) is 69.4 Å². The van der Waals surface area contributed by atoms with Crippen molar-refractivity contribution in [3.8, 4) is 0 Å². The lowest BCUT2D eigenvalue weighted by molar-refractivity contribution is -0.137. The number of ether oxygens (including phenoxy) is 1. The molecule has 2 amide bonds. The number of carbonyl (C=O) groups is 2. The van der Waals surface area contributed by atoms with Crippen LogP contribution < -0.4 is 5.32 Å². The molecule has 4 atom stereocenters. The number of halogens is 3. The monoisotopic (exact) mass is 511 g/mol. The molecule has 36 heavy (non-hydrogen) atoms. The van der Waals surface area contributed by atoms with Gasteiger partial charge < -0.3 is 15.0 Å². The van der Waals surface area contributed by atoms with Crippen molar-refractivity contribution in [2.45, 2.75) is 84.3 Å². The molecule has 0 unspecified atom stereocenters. The second-order valence-corrected chi connectivity index (χ2v) is 11.7. The van der Waals surface area contributed by atoms with Gasteiger partial charge in [0.1, 0.15) is 0 Å². The molecule has 0 bridgehead atoms. The minimum atomic E-state index is -4.36. The Hall–Kier alpha value is -2.29. The van der Waals surface area contributed by atoms with Gasteiger partial charge in [0.25, 0.3) is 5.91 Å². The van der Waals surface area contributed by atoms with Crippen molar-refractivity contribution in [2.24, 2.45) is 17.8 Å². The molecule has 1 aliphatic carbocycles. The molecule has 1 N–H and O–H groups in total. The maximum absolute atomic E-state index is 13.2. The van der Waals surface area contributed by atoms with E-state index < -0.39 is 29.5 Å².